The number of nitrogens with zero attached hydrogens (tertiary/aromatic N) is 2. The highest BCUT2D eigenvalue weighted by Gasteiger charge is 2.01. The first-order valence-electron chi connectivity index (χ1n) is 15.1. The second-order valence-electron chi connectivity index (χ2n) is 10.6. The molecule has 0 bridgehead atoms. The molecule has 8 nitrogen and oxygen atoms in total. The number of thiocarbonyl (C=S) groups is 2. The van der Waals surface area contributed by atoms with Gasteiger partial charge < -0.3 is 31.9 Å². The van der Waals surface area contributed by atoms with Crippen LogP contribution >= 0.6 is 70.6 Å². The first-order chi connectivity index (χ1) is 19.9. The fourth-order valence-corrected chi connectivity index (χ4v) is 4.88. The molecule has 0 spiro atoms. The lowest BCUT2D eigenvalue weighted by Crippen LogP contribution is -2.40. The Morgan fingerprint density at radius 2 is 1.00 bits per heavy atom. The highest BCUT2D eigenvalue weighted by Crippen LogP contribution is 2.02. The maximum Gasteiger partial charge on any atom is 0.166 e. The topological polar surface area (TPSA) is 96.9 Å². The van der Waals surface area contributed by atoms with Crippen molar-refractivity contribution in [2.45, 2.75) is 118 Å². The van der Waals surface area contributed by atoms with E-state index in [2.05, 4.69) is 132 Å². The van der Waals surface area contributed by atoms with Gasteiger partial charge in [-0.05, 0) is 136 Å². The number of nitrogens with one attached hydrogen (secondary N) is 6. The minimum atomic E-state index is 0.354. The molecule has 0 aliphatic rings. The minimum absolute atomic E-state index is 0.354. The van der Waals surface area contributed by atoms with E-state index < -0.39 is 0 Å². The summed E-state index contributed by atoms with van der Waals surface area (Å²) in [5, 5.41) is 23.1. The summed E-state index contributed by atoms with van der Waals surface area (Å²) in [5.41, 5.74) is 0. The Hall–Kier alpha value is -0.250. The van der Waals surface area contributed by atoms with E-state index in [0.29, 0.717) is 24.2 Å². The minimum Gasteiger partial charge on any atom is -0.365 e. The van der Waals surface area contributed by atoms with E-state index in [0.717, 1.165) is 72.4 Å². The normalized spacial score (nSPS) is 11.4. The van der Waals surface area contributed by atoms with Crippen LogP contribution in [0, 0.1) is 0 Å². The number of thioether (sulfide) groups is 2. The average Bonchev–Trinajstić information content (AvgIpc) is 2.90. The highest BCUT2D eigenvalue weighted by molar-refractivity contribution is 14.1. The molecule has 0 unspecified atom stereocenters. The molecule has 0 heterocycles. The van der Waals surface area contributed by atoms with Crippen molar-refractivity contribution in [3.8, 4) is 0 Å². The molecule has 0 radical (unpaired) electrons. The van der Waals surface area contributed by atoms with Crippen LogP contribution in [0.3, 0.4) is 0 Å². The molecule has 0 saturated carbocycles. The fraction of sp³-hybridized carbons (Fsp3) is 0.862. The molecule has 42 heavy (non-hydrogen) atoms. The lowest BCUT2D eigenvalue weighted by atomic mass is 10.2. The van der Waals surface area contributed by atoms with Crippen molar-refractivity contribution in [2.24, 2.45) is 9.98 Å². The molecule has 0 aromatic carbocycles. The number of rotatable bonds is 16. The van der Waals surface area contributed by atoms with Gasteiger partial charge in [0.1, 0.15) is 0 Å². The summed E-state index contributed by atoms with van der Waals surface area (Å²) >= 11 is 15.8. The van der Waals surface area contributed by atoms with Crippen LogP contribution in [0.25, 0.3) is 0 Å². The van der Waals surface area contributed by atoms with E-state index in [-0.39, 0.29) is 0 Å². The fourth-order valence-electron chi connectivity index (χ4n) is 3.07. The van der Waals surface area contributed by atoms with E-state index in [4.69, 9.17) is 24.4 Å². The third kappa shape index (κ3) is 37.8. The number of amidine groups is 2. The number of hydrogen-bond donors (Lipinski definition) is 6. The molecule has 0 aromatic heterocycles. The van der Waals surface area contributed by atoms with E-state index in [1.807, 2.05) is 4.93 Å². The predicted molar refractivity (Wildman–Crippen MR) is 214 cm³/mol. The number of hydrogen-bond acceptors (Lipinski definition) is 6. The number of unbranched alkanes of at least 4 members (excludes halogenated alkanes) is 4. The summed E-state index contributed by atoms with van der Waals surface area (Å²) in [5.74, 6) is 0. The van der Waals surface area contributed by atoms with Crippen LogP contribution in [-0.2, 0) is 0 Å². The van der Waals surface area contributed by atoms with Crippen molar-refractivity contribution in [3.63, 3.8) is 0 Å². The molecule has 0 rings (SSSR count). The lowest BCUT2D eigenvalue weighted by Gasteiger charge is -2.14. The van der Waals surface area contributed by atoms with Crippen LogP contribution in [0.5, 0.6) is 0 Å². The Kier molecular flexibility index (Phi) is 37.0. The van der Waals surface area contributed by atoms with Crippen LogP contribution in [0.4, 0.5) is 0 Å². The van der Waals surface area contributed by atoms with Gasteiger partial charge in [0.15, 0.2) is 20.6 Å². The average molecular weight is 779 g/mol. The van der Waals surface area contributed by atoms with Crippen molar-refractivity contribution in [3.05, 3.63) is 0 Å². The number of aliphatic imine (C=N–C) groups is 2. The zero-order valence-electron chi connectivity index (χ0n) is 28.3. The van der Waals surface area contributed by atoms with Gasteiger partial charge in [0, 0.05) is 50.3 Å². The largest absolute Gasteiger partial charge is 0.365 e. The molecule has 6 N–H and O–H groups in total. The van der Waals surface area contributed by atoms with Crippen LogP contribution in [-0.4, -0.2) is 88.3 Å². The second-order valence-corrected chi connectivity index (χ2v) is 13.0. The molecule has 0 aliphatic heterocycles. The molecule has 0 amide bonds. The van der Waals surface area contributed by atoms with E-state index >= 15 is 0 Å². The van der Waals surface area contributed by atoms with Gasteiger partial charge in [-0.1, -0.05) is 46.1 Å². The first-order valence-corrected chi connectivity index (χ1v) is 20.5. The standard InChI is InChI=1S/C15H32N4S2.C13H28N4S2.CH3I/c1-12(2)18-14(20-5)16-10-8-7-9-11-17-15(21-6)19-13(3)4;1-10(2)16-12(18)14-8-6-5-7-9-15-13(19)17-11(3)4;1-2/h12-13H,7-11H2,1-6H3,(H,16,18)(H,17,19);10-11H,5-9H2,1-4H3,(H2,14,16,18)(H2,15,17,19);1H3. The molecule has 0 aliphatic carbocycles. The zero-order chi connectivity index (χ0) is 32.8. The lowest BCUT2D eigenvalue weighted by molar-refractivity contribution is 0.634. The summed E-state index contributed by atoms with van der Waals surface area (Å²) in [4.78, 5) is 11.1. The van der Waals surface area contributed by atoms with Crippen molar-refractivity contribution >= 4 is 91.1 Å². The SMILES string of the molecule is CC(C)NC(=S)NCCCCCNC(=S)NC(C)C.CI.CSC(=NC(C)C)NCCCCCN=C(NC(C)C)SC. The van der Waals surface area contributed by atoms with Gasteiger partial charge in [-0.2, -0.15) is 0 Å². The molecule has 0 atom stereocenters. The Balaban J connectivity index is -0.000000686. The van der Waals surface area contributed by atoms with Crippen LogP contribution in [0.15, 0.2) is 9.98 Å². The third-order valence-corrected chi connectivity index (χ3v) is 6.60. The van der Waals surface area contributed by atoms with Crippen molar-refractivity contribution in [2.75, 3.05) is 43.6 Å². The monoisotopic (exact) mass is 778 g/mol. The van der Waals surface area contributed by atoms with E-state index in [1.54, 1.807) is 23.5 Å². The van der Waals surface area contributed by atoms with Gasteiger partial charge in [-0.25, -0.2) is 0 Å². The summed E-state index contributed by atoms with van der Waals surface area (Å²) in [6.45, 7) is 20.5. The van der Waals surface area contributed by atoms with Gasteiger partial charge in [-0.3, -0.25) is 9.98 Å². The van der Waals surface area contributed by atoms with Gasteiger partial charge >= 0.3 is 0 Å². The molecular weight excluding hydrogens is 716 g/mol. The Bertz CT molecular complexity index is 679. The van der Waals surface area contributed by atoms with Gasteiger partial charge in [-0.15, -0.1) is 0 Å². The summed E-state index contributed by atoms with van der Waals surface area (Å²) < 4.78 is 0. The van der Waals surface area contributed by atoms with Crippen LogP contribution < -0.4 is 31.9 Å². The Morgan fingerprint density at radius 1 is 0.595 bits per heavy atom. The molecule has 13 heteroatoms. The van der Waals surface area contributed by atoms with Gasteiger partial charge in [0.05, 0.1) is 0 Å². The van der Waals surface area contributed by atoms with E-state index in [9.17, 15) is 0 Å². The smallest absolute Gasteiger partial charge is 0.166 e. The predicted octanol–water partition coefficient (Wildman–Crippen LogP) is 6.54. The quantitative estimate of drug-likeness (QED) is 0.0259. The summed E-state index contributed by atoms with van der Waals surface area (Å²) in [6.07, 6.45) is 11.0. The summed E-state index contributed by atoms with van der Waals surface area (Å²) in [6, 6.07) is 1.58. The summed E-state index contributed by atoms with van der Waals surface area (Å²) in [7, 11) is 0. The van der Waals surface area contributed by atoms with Crippen molar-refractivity contribution in [1.82, 2.24) is 31.9 Å². The number of halogens is 1. The van der Waals surface area contributed by atoms with Crippen molar-refractivity contribution in [1.29, 1.82) is 0 Å². The Morgan fingerprint density at radius 3 is 1.38 bits per heavy atom. The highest BCUT2D eigenvalue weighted by atomic mass is 127. The zero-order valence-corrected chi connectivity index (χ0v) is 33.7. The molecule has 250 valence electrons. The van der Waals surface area contributed by atoms with Crippen LogP contribution in [0.1, 0.15) is 93.9 Å². The van der Waals surface area contributed by atoms with Gasteiger partial charge in [0.25, 0.3) is 0 Å². The second kappa shape index (κ2) is 33.6. The maximum atomic E-state index is 5.15. The third-order valence-electron chi connectivity index (χ3n) is 4.81. The van der Waals surface area contributed by atoms with E-state index in [1.165, 1.54) is 12.8 Å². The Labute approximate surface area is 292 Å². The molecule has 0 aromatic rings. The van der Waals surface area contributed by atoms with Crippen LogP contribution in [0.2, 0.25) is 0 Å². The molecular formula is C29H63IN8S4. The van der Waals surface area contributed by atoms with Gasteiger partial charge in [0.2, 0.25) is 0 Å². The molecule has 0 fully saturated rings. The molecule has 0 saturated heterocycles. The number of alkyl halides is 1. The maximum absolute atomic E-state index is 5.15. The first kappa shape index (κ1) is 46.2. The van der Waals surface area contributed by atoms with Crippen molar-refractivity contribution < 1.29 is 0 Å².